The Bertz CT molecular complexity index is 510. The second-order valence-electron chi connectivity index (χ2n) is 4.51. The zero-order chi connectivity index (χ0) is 13.2. The van der Waals surface area contributed by atoms with E-state index in [0.717, 1.165) is 6.54 Å². The summed E-state index contributed by atoms with van der Waals surface area (Å²) in [6, 6.07) is 3.09. The van der Waals surface area contributed by atoms with Crippen LogP contribution in [0.15, 0.2) is 17.0 Å². The molecule has 0 amide bonds. The van der Waals surface area contributed by atoms with Gasteiger partial charge in [-0.15, -0.1) is 0 Å². The number of primary sulfonamides is 1. The van der Waals surface area contributed by atoms with Crippen LogP contribution in [0.4, 0.5) is 11.4 Å². The van der Waals surface area contributed by atoms with Crippen molar-refractivity contribution in [3.8, 4) is 0 Å². The Hall–Kier alpha value is -1.27. The second-order valence-corrected chi connectivity index (χ2v) is 6.04. The van der Waals surface area contributed by atoms with E-state index in [0.29, 0.717) is 22.9 Å². The molecule has 0 saturated carbocycles. The molecule has 6 heteroatoms. The lowest BCUT2D eigenvalue weighted by Crippen LogP contribution is -2.16. The van der Waals surface area contributed by atoms with Crippen LogP contribution in [0.5, 0.6) is 0 Å². The molecular formula is C11H19N3O2S. The number of anilines is 2. The molecule has 0 radical (unpaired) electrons. The van der Waals surface area contributed by atoms with Gasteiger partial charge in [0.2, 0.25) is 10.0 Å². The zero-order valence-corrected chi connectivity index (χ0v) is 11.1. The Morgan fingerprint density at radius 1 is 1.35 bits per heavy atom. The molecule has 1 rings (SSSR count). The van der Waals surface area contributed by atoms with Gasteiger partial charge in [-0.1, -0.05) is 13.8 Å². The van der Waals surface area contributed by atoms with Gasteiger partial charge in [-0.3, -0.25) is 0 Å². The first-order valence-electron chi connectivity index (χ1n) is 5.38. The van der Waals surface area contributed by atoms with Gasteiger partial charge in [-0.05, 0) is 30.5 Å². The number of benzene rings is 1. The number of rotatable bonds is 4. The highest BCUT2D eigenvalue weighted by Gasteiger charge is 2.15. The summed E-state index contributed by atoms with van der Waals surface area (Å²) in [5.74, 6) is 0.453. The molecule has 0 saturated heterocycles. The molecule has 5 N–H and O–H groups in total. The average molecular weight is 257 g/mol. The molecule has 0 aliphatic rings. The van der Waals surface area contributed by atoms with Crippen molar-refractivity contribution >= 4 is 21.4 Å². The summed E-state index contributed by atoms with van der Waals surface area (Å²) in [7, 11) is -3.74. The van der Waals surface area contributed by atoms with Gasteiger partial charge in [0.05, 0.1) is 4.90 Å². The molecule has 17 heavy (non-hydrogen) atoms. The molecule has 1 aromatic rings. The standard InChI is InChI=1S/C11H19N3O2S/c1-7(2)6-14-10-4-9(12)5-11(8(10)3)17(13,15)16/h4-5,7,14H,6,12H2,1-3H3,(H2,13,15,16). The van der Waals surface area contributed by atoms with Gasteiger partial charge in [0, 0.05) is 17.9 Å². The second kappa shape index (κ2) is 4.93. The van der Waals surface area contributed by atoms with Crippen LogP contribution < -0.4 is 16.2 Å². The van der Waals surface area contributed by atoms with Crippen LogP contribution in [0.3, 0.4) is 0 Å². The maximum Gasteiger partial charge on any atom is 0.238 e. The van der Waals surface area contributed by atoms with Crippen LogP contribution >= 0.6 is 0 Å². The summed E-state index contributed by atoms with van der Waals surface area (Å²) in [6.45, 7) is 6.58. The van der Waals surface area contributed by atoms with Crippen LogP contribution in [0, 0.1) is 12.8 Å². The number of nitrogen functional groups attached to an aromatic ring is 1. The third-order valence-corrected chi connectivity index (χ3v) is 3.43. The molecular weight excluding hydrogens is 238 g/mol. The normalized spacial score (nSPS) is 11.8. The topological polar surface area (TPSA) is 98.2 Å². The third-order valence-electron chi connectivity index (χ3n) is 2.39. The highest BCUT2D eigenvalue weighted by Crippen LogP contribution is 2.26. The number of sulfonamides is 1. The minimum Gasteiger partial charge on any atom is -0.399 e. The maximum absolute atomic E-state index is 11.4. The van der Waals surface area contributed by atoms with Gasteiger partial charge in [0.1, 0.15) is 0 Å². The molecule has 5 nitrogen and oxygen atoms in total. The summed E-state index contributed by atoms with van der Waals surface area (Å²) >= 11 is 0. The van der Waals surface area contributed by atoms with Gasteiger partial charge in [-0.2, -0.15) is 0 Å². The third kappa shape index (κ3) is 3.61. The summed E-state index contributed by atoms with van der Waals surface area (Å²) < 4.78 is 22.8. The van der Waals surface area contributed by atoms with E-state index in [4.69, 9.17) is 10.9 Å². The van der Waals surface area contributed by atoms with E-state index in [2.05, 4.69) is 19.2 Å². The van der Waals surface area contributed by atoms with Crippen LogP contribution in [-0.2, 0) is 10.0 Å². The molecule has 0 bridgehead atoms. The highest BCUT2D eigenvalue weighted by atomic mass is 32.2. The fourth-order valence-electron chi connectivity index (χ4n) is 1.50. The maximum atomic E-state index is 11.4. The predicted octanol–water partition coefficient (Wildman–Crippen LogP) is 1.29. The minimum atomic E-state index is -3.74. The van der Waals surface area contributed by atoms with Crippen molar-refractivity contribution in [3.63, 3.8) is 0 Å². The Morgan fingerprint density at radius 2 is 1.94 bits per heavy atom. The lowest BCUT2D eigenvalue weighted by Gasteiger charge is -2.15. The summed E-state index contributed by atoms with van der Waals surface area (Å²) in [4.78, 5) is 0.0729. The summed E-state index contributed by atoms with van der Waals surface area (Å²) in [5.41, 5.74) is 7.36. The van der Waals surface area contributed by atoms with E-state index in [-0.39, 0.29) is 4.90 Å². The Balaban J connectivity index is 3.20. The average Bonchev–Trinajstić information content (AvgIpc) is 2.17. The largest absolute Gasteiger partial charge is 0.399 e. The van der Waals surface area contributed by atoms with Crippen molar-refractivity contribution < 1.29 is 8.42 Å². The van der Waals surface area contributed by atoms with Crippen LogP contribution in [0.25, 0.3) is 0 Å². The molecule has 96 valence electrons. The number of hydrogen-bond donors (Lipinski definition) is 3. The number of nitrogens with one attached hydrogen (secondary N) is 1. The zero-order valence-electron chi connectivity index (χ0n) is 10.3. The fraction of sp³-hybridized carbons (Fsp3) is 0.455. The van der Waals surface area contributed by atoms with E-state index in [1.54, 1.807) is 13.0 Å². The quantitative estimate of drug-likeness (QED) is 0.708. The molecule has 0 fully saturated rings. The van der Waals surface area contributed by atoms with Crippen molar-refractivity contribution in [3.05, 3.63) is 17.7 Å². The smallest absolute Gasteiger partial charge is 0.238 e. The minimum absolute atomic E-state index is 0.0729. The van der Waals surface area contributed by atoms with Crippen LogP contribution in [-0.4, -0.2) is 15.0 Å². The van der Waals surface area contributed by atoms with E-state index >= 15 is 0 Å². The predicted molar refractivity (Wildman–Crippen MR) is 70.3 cm³/mol. The van der Waals surface area contributed by atoms with Gasteiger partial charge in [0.25, 0.3) is 0 Å². The monoisotopic (exact) mass is 257 g/mol. The van der Waals surface area contributed by atoms with E-state index in [9.17, 15) is 8.42 Å². The van der Waals surface area contributed by atoms with Crippen molar-refractivity contribution in [1.82, 2.24) is 0 Å². The van der Waals surface area contributed by atoms with Gasteiger partial charge >= 0.3 is 0 Å². The first-order chi connectivity index (χ1) is 7.71. The van der Waals surface area contributed by atoms with Crippen LogP contribution in [0.2, 0.25) is 0 Å². The Morgan fingerprint density at radius 3 is 2.41 bits per heavy atom. The van der Waals surface area contributed by atoms with Gasteiger partial charge < -0.3 is 11.1 Å². The number of hydrogen-bond acceptors (Lipinski definition) is 4. The molecule has 0 unspecified atom stereocenters. The van der Waals surface area contributed by atoms with E-state index in [1.807, 2.05) is 0 Å². The lowest BCUT2D eigenvalue weighted by atomic mass is 10.1. The van der Waals surface area contributed by atoms with Crippen molar-refractivity contribution in [1.29, 1.82) is 0 Å². The first-order valence-corrected chi connectivity index (χ1v) is 6.93. The van der Waals surface area contributed by atoms with Gasteiger partial charge in [0.15, 0.2) is 0 Å². The Labute approximate surface area is 102 Å². The SMILES string of the molecule is Cc1c(NCC(C)C)cc(N)cc1S(N)(=O)=O. The molecule has 0 atom stereocenters. The highest BCUT2D eigenvalue weighted by molar-refractivity contribution is 7.89. The van der Waals surface area contributed by atoms with Crippen LogP contribution in [0.1, 0.15) is 19.4 Å². The van der Waals surface area contributed by atoms with Crippen molar-refractivity contribution in [2.24, 2.45) is 11.1 Å². The number of nitrogens with two attached hydrogens (primary N) is 2. The molecule has 0 heterocycles. The van der Waals surface area contributed by atoms with Crippen molar-refractivity contribution in [2.75, 3.05) is 17.6 Å². The molecule has 0 aliphatic heterocycles. The summed E-state index contributed by atoms with van der Waals surface area (Å²) in [5, 5.41) is 8.31. The Kier molecular flexibility index (Phi) is 4.00. The van der Waals surface area contributed by atoms with Gasteiger partial charge in [-0.25, -0.2) is 13.6 Å². The summed E-state index contributed by atoms with van der Waals surface area (Å²) in [6.07, 6.45) is 0. The lowest BCUT2D eigenvalue weighted by molar-refractivity contribution is 0.597. The molecule has 0 aliphatic carbocycles. The fourth-order valence-corrected chi connectivity index (χ4v) is 2.34. The first kappa shape index (κ1) is 13.8. The van der Waals surface area contributed by atoms with E-state index in [1.165, 1.54) is 6.07 Å². The molecule has 1 aromatic carbocycles. The van der Waals surface area contributed by atoms with E-state index < -0.39 is 10.0 Å². The van der Waals surface area contributed by atoms with Crippen molar-refractivity contribution in [2.45, 2.75) is 25.7 Å². The molecule has 0 aromatic heterocycles. The molecule has 0 spiro atoms.